The summed E-state index contributed by atoms with van der Waals surface area (Å²) in [5.41, 5.74) is 2.35. The molecule has 3 aromatic rings. The van der Waals surface area contributed by atoms with E-state index < -0.39 is 0 Å². The number of nitrogens with zero attached hydrogens (tertiary/aromatic N) is 4. The van der Waals surface area contributed by atoms with Gasteiger partial charge in [0.25, 0.3) is 0 Å². The molecule has 3 rings (SSSR count). The second-order valence-corrected chi connectivity index (χ2v) is 6.01. The second kappa shape index (κ2) is 11.3. The van der Waals surface area contributed by atoms with Gasteiger partial charge in [0.05, 0.1) is 25.3 Å². The Kier molecular flexibility index (Phi) is 8.84. The van der Waals surface area contributed by atoms with E-state index >= 15 is 0 Å². The molecule has 0 radical (unpaired) electrons. The molecule has 0 bridgehead atoms. The molecule has 2 N–H and O–H groups in total. The number of halogens is 1. The van der Waals surface area contributed by atoms with Crippen LogP contribution in [-0.2, 0) is 17.8 Å². The zero-order chi connectivity index (χ0) is 19.8. The fourth-order valence-electron chi connectivity index (χ4n) is 2.65. The van der Waals surface area contributed by atoms with E-state index in [1.807, 2.05) is 47.9 Å². The highest BCUT2D eigenvalue weighted by molar-refractivity contribution is 14.0. The predicted octanol–water partition coefficient (Wildman–Crippen LogP) is 2.78. The summed E-state index contributed by atoms with van der Waals surface area (Å²) in [6.07, 6.45) is 1.93. The highest BCUT2D eigenvalue weighted by Gasteiger charge is 2.07. The largest absolute Gasteiger partial charge is 0.462 e. The van der Waals surface area contributed by atoms with Gasteiger partial charge in [0.15, 0.2) is 17.4 Å². The zero-order valence-electron chi connectivity index (χ0n) is 16.5. The number of esters is 1. The van der Waals surface area contributed by atoms with Crippen LogP contribution in [0.2, 0.25) is 0 Å². The van der Waals surface area contributed by atoms with Crippen LogP contribution in [-0.4, -0.2) is 39.7 Å². The van der Waals surface area contributed by atoms with E-state index in [1.54, 1.807) is 19.1 Å². The first-order valence-electron chi connectivity index (χ1n) is 9.28. The lowest BCUT2D eigenvalue weighted by Gasteiger charge is -2.10. The third-order valence-electron chi connectivity index (χ3n) is 4.03. The lowest BCUT2D eigenvalue weighted by Crippen LogP contribution is -2.37. The van der Waals surface area contributed by atoms with Crippen molar-refractivity contribution in [1.29, 1.82) is 0 Å². The third kappa shape index (κ3) is 6.14. The van der Waals surface area contributed by atoms with Crippen molar-refractivity contribution in [2.75, 3.05) is 13.2 Å². The number of aromatic nitrogens is 3. The van der Waals surface area contributed by atoms with Gasteiger partial charge < -0.3 is 15.4 Å². The van der Waals surface area contributed by atoms with Crippen LogP contribution in [0, 0.1) is 0 Å². The quantitative estimate of drug-likeness (QED) is 0.221. The maximum Gasteiger partial charge on any atom is 0.338 e. The van der Waals surface area contributed by atoms with Crippen LogP contribution in [0.5, 0.6) is 0 Å². The van der Waals surface area contributed by atoms with Gasteiger partial charge in [-0.15, -0.1) is 34.2 Å². The Labute approximate surface area is 186 Å². The van der Waals surface area contributed by atoms with Gasteiger partial charge >= 0.3 is 5.97 Å². The minimum Gasteiger partial charge on any atom is -0.462 e. The molecule has 0 aliphatic carbocycles. The maximum atomic E-state index is 11.7. The normalized spacial score (nSPS) is 11.0. The molecule has 0 spiro atoms. The van der Waals surface area contributed by atoms with Crippen LogP contribution in [0.3, 0.4) is 0 Å². The first-order valence-corrected chi connectivity index (χ1v) is 9.28. The molecule has 2 aromatic heterocycles. The van der Waals surface area contributed by atoms with Gasteiger partial charge in [-0.05, 0) is 43.7 Å². The summed E-state index contributed by atoms with van der Waals surface area (Å²) in [5, 5.41) is 14.8. The van der Waals surface area contributed by atoms with Gasteiger partial charge in [-0.3, -0.25) is 4.40 Å². The first-order chi connectivity index (χ1) is 13.7. The zero-order valence-corrected chi connectivity index (χ0v) is 18.8. The number of carbonyl (C=O) groups is 1. The summed E-state index contributed by atoms with van der Waals surface area (Å²) < 4.78 is 6.93. The number of nitrogens with one attached hydrogen (secondary N) is 2. The van der Waals surface area contributed by atoms with Crippen molar-refractivity contribution in [3.8, 4) is 0 Å². The fourth-order valence-corrected chi connectivity index (χ4v) is 2.65. The van der Waals surface area contributed by atoms with Crippen LogP contribution in [0.15, 0.2) is 53.7 Å². The van der Waals surface area contributed by atoms with Crippen LogP contribution in [0.4, 0.5) is 0 Å². The molecule has 0 amide bonds. The van der Waals surface area contributed by atoms with Gasteiger partial charge in [-0.1, -0.05) is 18.2 Å². The van der Waals surface area contributed by atoms with Crippen molar-refractivity contribution in [1.82, 2.24) is 25.2 Å². The Hall–Kier alpha value is -2.69. The van der Waals surface area contributed by atoms with E-state index in [0.717, 1.165) is 23.6 Å². The molecule has 0 saturated carbocycles. The van der Waals surface area contributed by atoms with Crippen molar-refractivity contribution in [3.63, 3.8) is 0 Å². The Morgan fingerprint density at radius 1 is 1.10 bits per heavy atom. The Morgan fingerprint density at radius 2 is 1.90 bits per heavy atom. The number of rotatable bonds is 7. The Balaban J connectivity index is 0.00000300. The van der Waals surface area contributed by atoms with Crippen LogP contribution in [0.25, 0.3) is 5.65 Å². The molecule has 2 heterocycles. The molecule has 154 valence electrons. The Morgan fingerprint density at radius 3 is 2.62 bits per heavy atom. The number of carbonyl (C=O) groups excluding carboxylic acids is 1. The predicted molar refractivity (Wildman–Crippen MR) is 122 cm³/mol. The van der Waals surface area contributed by atoms with Crippen molar-refractivity contribution in [3.05, 3.63) is 65.6 Å². The van der Waals surface area contributed by atoms with Crippen LogP contribution >= 0.6 is 24.0 Å². The number of fused-ring (bicyclic) bond motifs is 1. The molecule has 0 atom stereocenters. The van der Waals surface area contributed by atoms with Crippen LogP contribution < -0.4 is 10.6 Å². The van der Waals surface area contributed by atoms with E-state index in [-0.39, 0.29) is 29.9 Å². The lowest BCUT2D eigenvalue weighted by molar-refractivity contribution is 0.0526. The van der Waals surface area contributed by atoms with E-state index in [2.05, 4.69) is 25.8 Å². The monoisotopic (exact) mass is 508 g/mol. The van der Waals surface area contributed by atoms with Gasteiger partial charge in [-0.2, -0.15) is 0 Å². The SMILES string of the molecule is CCNC(=NCc1ccc(C(=O)OCC)cc1)NCc1nnc2ccccn12.I. The average molecular weight is 508 g/mol. The van der Waals surface area contributed by atoms with Crippen molar-refractivity contribution < 1.29 is 9.53 Å². The van der Waals surface area contributed by atoms with Gasteiger partial charge in [0.2, 0.25) is 0 Å². The number of benzene rings is 1. The van der Waals surface area contributed by atoms with E-state index in [0.29, 0.717) is 31.2 Å². The van der Waals surface area contributed by atoms with Gasteiger partial charge in [0.1, 0.15) is 0 Å². The van der Waals surface area contributed by atoms with Crippen molar-refractivity contribution >= 4 is 41.6 Å². The molecular formula is C20H25IN6O2. The average Bonchev–Trinajstić information content (AvgIpc) is 3.14. The summed E-state index contributed by atoms with van der Waals surface area (Å²) in [7, 11) is 0. The molecule has 0 aliphatic heterocycles. The minimum atomic E-state index is -0.312. The van der Waals surface area contributed by atoms with Crippen molar-refractivity contribution in [2.45, 2.75) is 26.9 Å². The summed E-state index contributed by atoms with van der Waals surface area (Å²) in [4.78, 5) is 16.3. The Bertz CT molecular complexity index is 955. The highest BCUT2D eigenvalue weighted by Crippen LogP contribution is 2.07. The van der Waals surface area contributed by atoms with E-state index in [4.69, 9.17) is 4.74 Å². The molecular weight excluding hydrogens is 483 g/mol. The molecule has 0 unspecified atom stereocenters. The maximum absolute atomic E-state index is 11.7. The smallest absolute Gasteiger partial charge is 0.338 e. The molecule has 8 nitrogen and oxygen atoms in total. The summed E-state index contributed by atoms with van der Waals surface area (Å²) >= 11 is 0. The third-order valence-corrected chi connectivity index (χ3v) is 4.03. The number of hydrogen-bond acceptors (Lipinski definition) is 5. The molecule has 0 fully saturated rings. The number of hydrogen-bond donors (Lipinski definition) is 2. The molecule has 0 aliphatic rings. The number of ether oxygens (including phenoxy) is 1. The van der Waals surface area contributed by atoms with Gasteiger partial charge in [0, 0.05) is 12.7 Å². The van der Waals surface area contributed by atoms with Crippen molar-refractivity contribution in [2.24, 2.45) is 4.99 Å². The standard InChI is InChI=1S/C20H24N6O2.HI/c1-3-21-20(23-14-18-25-24-17-7-5-6-12-26(17)18)22-13-15-8-10-16(11-9-15)19(27)28-4-2;/h5-12H,3-4,13-14H2,1-2H3,(H2,21,22,23);1H. The highest BCUT2D eigenvalue weighted by atomic mass is 127. The fraction of sp³-hybridized carbons (Fsp3) is 0.300. The van der Waals surface area contributed by atoms with E-state index in [9.17, 15) is 4.79 Å². The number of aliphatic imine (C=N–C) groups is 1. The minimum absolute atomic E-state index is 0. The molecule has 1 aromatic carbocycles. The molecule has 0 saturated heterocycles. The second-order valence-electron chi connectivity index (χ2n) is 6.01. The molecule has 29 heavy (non-hydrogen) atoms. The lowest BCUT2D eigenvalue weighted by atomic mass is 10.1. The number of pyridine rings is 1. The summed E-state index contributed by atoms with van der Waals surface area (Å²) in [5.74, 6) is 1.18. The van der Waals surface area contributed by atoms with Crippen LogP contribution in [0.1, 0.15) is 35.6 Å². The molecule has 9 heteroatoms. The summed E-state index contributed by atoms with van der Waals surface area (Å²) in [6, 6.07) is 13.1. The topological polar surface area (TPSA) is 92.9 Å². The number of guanidine groups is 1. The summed E-state index contributed by atoms with van der Waals surface area (Å²) in [6.45, 7) is 5.90. The first kappa shape index (κ1) is 22.6. The van der Waals surface area contributed by atoms with E-state index in [1.165, 1.54) is 0 Å². The van der Waals surface area contributed by atoms with Gasteiger partial charge in [-0.25, -0.2) is 9.79 Å².